The maximum atomic E-state index is 13.6. The third-order valence-corrected chi connectivity index (χ3v) is 5.62. The Balaban J connectivity index is 1.47. The lowest BCUT2D eigenvalue weighted by atomic mass is 10.1. The lowest BCUT2D eigenvalue weighted by Gasteiger charge is -2.27. The fourth-order valence-corrected chi connectivity index (χ4v) is 4.00. The zero-order valence-electron chi connectivity index (χ0n) is 16.8. The topological polar surface area (TPSA) is 102 Å². The summed E-state index contributed by atoms with van der Waals surface area (Å²) < 4.78 is 43.9. The van der Waals surface area contributed by atoms with Gasteiger partial charge < -0.3 is 14.6 Å². The van der Waals surface area contributed by atoms with Crippen LogP contribution in [0.3, 0.4) is 0 Å². The SMILES string of the molecule is O=C(O)N1CCn2c(-c3ccc(Cn4ncc5cnc(Cl)nc54)cc3)nc(C(F)(F)F)c2C1. The van der Waals surface area contributed by atoms with E-state index in [1.807, 2.05) is 0 Å². The molecule has 0 saturated carbocycles. The van der Waals surface area contributed by atoms with Crippen LogP contribution in [0.15, 0.2) is 36.7 Å². The molecule has 4 aromatic rings. The summed E-state index contributed by atoms with van der Waals surface area (Å²) in [6.45, 7) is 0.170. The highest BCUT2D eigenvalue weighted by atomic mass is 35.5. The molecule has 13 heteroatoms. The average molecular weight is 478 g/mol. The van der Waals surface area contributed by atoms with Crippen LogP contribution in [0.4, 0.5) is 18.0 Å². The van der Waals surface area contributed by atoms with Crippen molar-refractivity contribution in [2.45, 2.75) is 25.8 Å². The molecule has 1 aliphatic heterocycles. The van der Waals surface area contributed by atoms with Gasteiger partial charge in [-0.05, 0) is 17.2 Å². The summed E-state index contributed by atoms with van der Waals surface area (Å²) in [5.74, 6) is 0.151. The van der Waals surface area contributed by atoms with Crippen LogP contribution in [-0.4, -0.2) is 51.9 Å². The molecule has 0 radical (unpaired) electrons. The Morgan fingerprint density at radius 1 is 1.12 bits per heavy atom. The molecule has 1 N–H and O–H groups in total. The molecule has 33 heavy (non-hydrogen) atoms. The van der Waals surface area contributed by atoms with Crippen molar-refractivity contribution in [3.05, 3.63) is 58.9 Å². The number of nitrogens with zero attached hydrogens (tertiary/aromatic N) is 7. The molecule has 0 spiro atoms. The third-order valence-electron chi connectivity index (χ3n) is 5.44. The zero-order valence-corrected chi connectivity index (χ0v) is 17.5. The lowest BCUT2D eigenvalue weighted by Crippen LogP contribution is -2.38. The van der Waals surface area contributed by atoms with Crippen molar-refractivity contribution < 1.29 is 23.1 Å². The predicted molar refractivity (Wildman–Crippen MR) is 111 cm³/mol. The van der Waals surface area contributed by atoms with E-state index >= 15 is 0 Å². The van der Waals surface area contributed by atoms with Gasteiger partial charge in [0.1, 0.15) is 5.82 Å². The van der Waals surface area contributed by atoms with E-state index in [4.69, 9.17) is 11.6 Å². The Labute approximate surface area is 189 Å². The largest absolute Gasteiger partial charge is 0.465 e. The number of amides is 1. The fraction of sp³-hybridized carbons (Fsp3) is 0.250. The van der Waals surface area contributed by atoms with E-state index < -0.39 is 18.0 Å². The molecule has 1 aliphatic rings. The van der Waals surface area contributed by atoms with E-state index in [2.05, 4.69) is 20.1 Å². The Hall–Kier alpha value is -3.67. The van der Waals surface area contributed by atoms with Crippen LogP contribution in [0.2, 0.25) is 5.28 Å². The van der Waals surface area contributed by atoms with E-state index in [0.29, 0.717) is 17.8 Å². The fourth-order valence-electron chi connectivity index (χ4n) is 3.87. The molecule has 0 atom stereocenters. The van der Waals surface area contributed by atoms with E-state index in [0.717, 1.165) is 15.8 Å². The number of carbonyl (C=O) groups is 1. The first-order valence-corrected chi connectivity index (χ1v) is 10.2. The standard InChI is InChI=1S/C20H15ClF3N7O2/c21-18-25-7-13-8-26-31(17(13)28-18)9-11-1-3-12(4-2-11)16-27-15(20(22,23)24)14-10-29(19(32)33)5-6-30(14)16/h1-4,7-8H,5-6,9-10H2,(H,32,33). The van der Waals surface area contributed by atoms with Crippen LogP contribution in [0.1, 0.15) is 17.0 Å². The summed E-state index contributed by atoms with van der Waals surface area (Å²) in [6.07, 6.45) is -2.77. The molecule has 0 aliphatic carbocycles. The molecule has 1 amide bonds. The quantitative estimate of drug-likeness (QED) is 0.449. The number of alkyl halides is 3. The predicted octanol–water partition coefficient (Wildman–Crippen LogP) is 3.90. The zero-order chi connectivity index (χ0) is 23.3. The Kier molecular flexibility index (Phi) is 4.96. The number of carboxylic acid groups (broad SMARTS) is 1. The molecule has 4 heterocycles. The van der Waals surface area contributed by atoms with Crippen LogP contribution in [0, 0.1) is 0 Å². The van der Waals surface area contributed by atoms with Crippen LogP contribution < -0.4 is 0 Å². The minimum absolute atomic E-state index is 0.0812. The number of hydrogen-bond acceptors (Lipinski definition) is 5. The van der Waals surface area contributed by atoms with Crippen molar-refractivity contribution in [2.24, 2.45) is 0 Å². The summed E-state index contributed by atoms with van der Waals surface area (Å²) in [7, 11) is 0. The first-order chi connectivity index (χ1) is 15.7. The van der Waals surface area contributed by atoms with Gasteiger partial charge in [-0.25, -0.2) is 19.4 Å². The molecule has 0 unspecified atom stereocenters. The van der Waals surface area contributed by atoms with E-state index in [1.165, 1.54) is 4.57 Å². The van der Waals surface area contributed by atoms with Gasteiger partial charge in [0, 0.05) is 24.8 Å². The Morgan fingerprint density at radius 2 is 1.88 bits per heavy atom. The second-order valence-corrected chi connectivity index (χ2v) is 7.84. The highest BCUT2D eigenvalue weighted by Gasteiger charge is 2.41. The van der Waals surface area contributed by atoms with Gasteiger partial charge in [0.15, 0.2) is 11.3 Å². The molecule has 5 rings (SSSR count). The number of benzene rings is 1. The molecule has 1 aromatic carbocycles. The first-order valence-electron chi connectivity index (χ1n) is 9.78. The summed E-state index contributed by atoms with van der Waals surface area (Å²) in [5.41, 5.74) is 0.688. The minimum atomic E-state index is -4.69. The molecule has 0 bridgehead atoms. The number of rotatable bonds is 3. The van der Waals surface area contributed by atoms with Crippen molar-refractivity contribution >= 4 is 28.7 Å². The second-order valence-electron chi connectivity index (χ2n) is 7.50. The van der Waals surface area contributed by atoms with Crippen molar-refractivity contribution in [2.75, 3.05) is 6.54 Å². The maximum Gasteiger partial charge on any atom is 0.435 e. The minimum Gasteiger partial charge on any atom is -0.465 e. The maximum absolute atomic E-state index is 13.6. The van der Waals surface area contributed by atoms with Gasteiger partial charge in [0.25, 0.3) is 0 Å². The van der Waals surface area contributed by atoms with Gasteiger partial charge in [-0.3, -0.25) is 0 Å². The van der Waals surface area contributed by atoms with Crippen LogP contribution in [0.25, 0.3) is 22.4 Å². The second kappa shape index (κ2) is 7.73. The highest BCUT2D eigenvalue weighted by Crippen LogP contribution is 2.36. The normalized spacial score (nSPS) is 14.0. The number of imidazole rings is 1. The first kappa shape index (κ1) is 21.2. The van der Waals surface area contributed by atoms with Gasteiger partial charge in [0.2, 0.25) is 5.28 Å². The van der Waals surface area contributed by atoms with E-state index in [-0.39, 0.29) is 36.4 Å². The summed E-state index contributed by atoms with van der Waals surface area (Å²) in [5, 5.41) is 14.3. The number of hydrogen-bond donors (Lipinski definition) is 1. The monoisotopic (exact) mass is 477 g/mol. The van der Waals surface area contributed by atoms with Crippen LogP contribution in [0.5, 0.6) is 0 Å². The Bertz CT molecular complexity index is 1360. The summed E-state index contributed by atoms with van der Waals surface area (Å²) in [4.78, 5) is 24.2. The van der Waals surface area contributed by atoms with E-state index in [1.54, 1.807) is 41.3 Å². The Morgan fingerprint density at radius 3 is 2.58 bits per heavy atom. The number of halogens is 4. The van der Waals surface area contributed by atoms with Crippen LogP contribution >= 0.6 is 11.6 Å². The van der Waals surface area contributed by atoms with Gasteiger partial charge in [0.05, 0.1) is 30.4 Å². The third kappa shape index (κ3) is 3.86. The van der Waals surface area contributed by atoms with Gasteiger partial charge in [-0.2, -0.15) is 23.3 Å². The van der Waals surface area contributed by atoms with E-state index in [9.17, 15) is 23.1 Å². The number of fused-ring (bicyclic) bond motifs is 2. The average Bonchev–Trinajstić information content (AvgIpc) is 3.35. The molecular weight excluding hydrogens is 463 g/mol. The van der Waals surface area contributed by atoms with Crippen molar-refractivity contribution in [3.63, 3.8) is 0 Å². The summed E-state index contributed by atoms with van der Waals surface area (Å²) >= 11 is 5.87. The molecule has 170 valence electrons. The lowest BCUT2D eigenvalue weighted by molar-refractivity contribution is -0.142. The molecule has 9 nitrogen and oxygen atoms in total. The van der Waals surface area contributed by atoms with Crippen LogP contribution in [-0.2, 0) is 25.8 Å². The molecule has 0 fully saturated rings. The summed E-state index contributed by atoms with van der Waals surface area (Å²) in [6, 6.07) is 6.91. The van der Waals surface area contributed by atoms with Gasteiger partial charge in [-0.1, -0.05) is 24.3 Å². The molecule has 3 aromatic heterocycles. The van der Waals surface area contributed by atoms with Gasteiger partial charge in [-0.15, -0.1) is 0 Å². The van der Waals surface area contributed by atoms with Crippen molar-refractivity contribution in [1.82, 2.24) is 34.2 Å². The van der Waals surface area contributed by atoms with Gasteiger partial charge >= 0.3 is 12.3 Å². The number of aromatic nitrogens is 6. The van der Waals surface area contributed by atoms with Crippen molar-refractivity contribution in [1.29, 1.82) is 0 Å². The van der Waals surface area contributed by atoms with Crippen molar-refractivity contribution in [3.8, 4) is 11.4 Å². The molecular formula is C20H15ClF3N7O2. The smallest absolute Gasteiger partial charge is 0.435 e. The highest BCUT2D eigenvalue weighted by molar-refractivity contribution is 6.28. The molecule has 0 saturated heterocycles.